The zero-order valence-corrected chi connectivity index (χ0v) is 12.6. The zero-order valence-electron chi connectivity index (χ0n) is 12.6. The summed E-state index contributed by atoms with van der Waals surface area (Å²) in [5.41, 5.74) is 0.809. The molecular weight excluding hydrogens is 252 g/mol. The minimum Gasteiger partial charge on any atom is -0.494 e. The van der Waals surface area contributed by atoms with Crippen molar-refractivity contribution < 1.29 is 9.53 Å². The summed E-state index contributed by atoms with van der Waals surface area (Å²) in [5.74, 6) is 0.824. The Bertz CT molecular complexity index is 434. The van der Waals surface area contributed by atoms with Crippen molar-refractivity contribution in [2.75, 3.05) is 11.9 Å². The van der Waals surface area contributed by atoms with Crippen LogP contribution in [0.4, 0.5) is 10.5 Å². The van der Waals surface area contributed by atoms with Crippen molar-refractivity contribution in [1.82, 2.24) is 4.90 Å². The third kappa shape index (κ3) is 3.44. The highest BCUT2D eigenvalue weighted by Crippen LogP contribution is 2.24. The number of hydrogen-bond acceptors (Lipinski definition) is 2. The molecule has 2 amide bonds. The maximum atomic E-state index is 12.4. The highest BCUT2D eigenvalue weighted by molar-refractivity contribution is 5.89. The lowest BCUT2D eigenvalue weighted by molar-refractivity contribution is 0.133. The van der Waals surface area contributed by atoms with Crippen LogP contribution in [0.1, 0.15) is 40.0 Å². The first-order chi connectivity index (χ1) is 9.61. The molecule has 0 aromatic heterocycles. The molecule has 4 heteroatoms. The van der Waals surface area contributed by atoms with Crippen molar-refractivity contribution in [3.8, 4) is 5.75 Å². The molecule has 1 aliphatic heterocycles. The van der Waals surface area contributed by atoms with E-state index in [-0.39, 0.29) is 6.03 Å². The van der Waals surface area contributed by atoms with Gasteiger partial charge in [0, 0.05) is 17.8 Å². The summed E-state index contributed by atoms with van der Waals surface area (Å²) < 4.78 is 5.39. The summed E-state index contributed by atoms with van der Waals surface area (Å²) >= 11 is 0. The molecule has 1 saturated heterocycles. The van der Waals surface area contributed by atoms with Crippen LogP contribution in [0.5, 0.6) is 5.75 Å². The molecule has 0 bridgehead atoms. The zero-order chi connectivity index (χ0) is 14.5. The highest BCUT2D eigenvalue weighted by Gasteiger charge is 2.28. The van der Waals surface area contributed by atoms with Crippen LogP contribution in [0.2, 0.25) is 0 Å². The third-order valence-corrected chi connectivity index (χ3v) is 3.84. The van der Waals surface area contributed by atoms with E-state index in [4.69, 9.17) is 4.74 Å². The second-order valence-corrected chi connectivity index (χ2v) is 5.42. The average molecular weight is 276 g/mol. The van der Waals surface area contributed by atoms with Crippen LogP contribution in [0.25, 0.3) is 0 Å². The van der Waals surface area contributed by atoms with Gasteiger partial charge in [0.1, 0.15) is 5.75 Å². The van der Waals surface area contributed by atoms with Gasteiger partial charge < -0.3 is 15.0 Å². The molecule has 1 fully saturated rings. The summed E-state index contributed by atoms with van der Waals surface area (Å²) in [6, 6.07) is 8.12. The van der Waals surface area contributed by atoms with Crippen LogP contribution in [0, 0.1) is 0 Å². The number of likely N-dealkylation sites (tertiary alicyclic amines) is 1. The SMILES string of the molecule is CCOc1ccc(NC(=O)N2C(C)CCCC2C)cc1. The van der Waals surface area contributed by atoms with Crippen LogP contribution in [0.3, 0.4) is 0 Å². The molecule has 1 N–H and O–H groups in total. The van der Waals surface area contributed by atoms with Crippen LogP contribution in [-0.4, -0.2) is 29.6 Å². The maximum absolute atomic E-state index is 12.4. The van der Waals surface area contributed by atoms with Gasteiger partial charge in [0.15, 0.2) is 0 Å². The van der Waals surface area contributed by atoms with Gasteiger partial charge in [-0.2, -0.15) is 0 Å². The maximum Gasteiger partial charge on any atom is 0.322 e. The Morgan fingerprint density at radius 3 is 2.40 bits per heavy atom. The van der Waals surface area contributed by atoms with E-state index in [0.29, 0.717) is 18.7 Å². The van der Waals surface area contributed by atoms with Crippen molar-refractivity contribution in [1.29, 1.82) is 0 Å². The van der Waals surface area contributed by atoms with E-state index in [9.17, 15) is 4.79 Å². The molecule has 4 nitrogen and oxygen atoms in total. The number of carbonyl (C=O) groups is 1. The molecule has 2 atom stereocenters. The lowest BCUT2D eigenvalue weighted by atomic mass is 9.98. The van der Waals surface area contributed by atoms with Gasteiger partial charge in [0.25, 0.3) is 0 Å². The van der Waals surface area contributed by atoms with Crippen molar-refractivity contribution in [2.24, 2.45) is 0 Å². The van der Waals surface area contributed by atoms with Crippen molar-refractivity contribution in [3.63, 3.8) is 0 Å². The number of hydrogen-bond donors (Lipinski definition) is 1. The van der Waals surface area contributed by atoms with Gasteiger partial charge in [-0.25, -0.2) is 4.79 Å². The normalized spacial score (nSPS) is 22.4. The van der Waals surface area contributed by atoms with Gasteiger partial charge >= 0.3 is 6.03 Å². The summed E-state index contributed by atoms with van der Waals surface area (Å²) in [6.07, 6.45) is 3.37. The number of nitrogens with zero attached hydrogens (tertiary/aromatic N) is 1. The number of carbonyl (C=O) groups excluding carboxylic acids is 1. The Balaban J connectivity index is 1.99. The Labute approximate surface area is 121 Å². The number of urea groups is 1. The molecule has 0 radical (unpaired) electrons. The Kier molecular flexibility index (Phi) is 4.88. The van der Waals surface area contributed by atoms with Crippen molar-refractivity contribution in [2.45, 2.75) is 52.1 Å². The van der Waals surface area contributed by atoms with Crippen LogP contribution < -0.4 is 10.1 Å². The highest BCUT2D eigenvalue weighted by atomic mass is 16.5. The van der Waals surface area contributed by atoms with E-state index >= 15 is 0 Å². The summed E-state index contributed by atoms with van der Waals surface area (Å²) in [7, 11) is 0. The number of rotatable bonds is 3. The Morgan fingerprint density at radius 2 is 1.85 bits per heavy atom. The topological polar surface area (TPSA) is 41.6 Å². The lowest BCUT2D eigenvalue weighted by Crippen LogP contribution is -2.49. The largest absolute Gasteiger partial charge is 0.494 e. The van der Waals surface area contributed by atoms with Gasteiger partial charge in [0.2, 0.25) is 0 Å². The molecule has 2 rings (SSSR count). The van der Waals surface area contributed by atoms with Gasteiger partial charge in [-0.1, -0.05) is 0 Å². The molecule has 1 aliphatic rings. The van der Waals surface area contributed by atoms with Gasteiger partial charge in [0.05, 0.1) is 6.61 Å². The van der Waals surface area contributed by atoms with Gasteiger partial charge in [-0.05, 0) is 64.3 Å². The quantitative estimate of drug-likeness (QED) is 0.910. The molecular formula is C16H24N2O2. The number of anilines is 1. The fourth-order valence-electron chi connectivity index (χ4n) is 2.81. The van der Waals surface area contributed by atoms with Crippen LogP contribution in [-0.2, 0) is 0 Å². The molecule has 2 unspecified atom stereocenters. The lowest BCUT2D eigenvalue weighted by Gasteiger charge is -2.38. The number of piperidine rings is 1. The smallest absolute Gasteiger partial charge is 0.322 e. The third-order valence-electron chi connectivity index (χ3n) is 3.84. The minimum absolute atomic E-state index is 0.00569. The molecule has 1 aromatic carbocycles. The summed E-state index contributed by atoms with van der Waals surface area (Å²) in [5, 5.41) is 2.97. The number of benzene rings is 1. The van der Waals surface area contributed by atoms with E-state index in [1.807, 2.05) is 36.1 Å². The van der Waals surface area contributed by atoms with E-state index in [0.717, 1.165) is 24.3 Å². The fourth-order valence-corrected chi connectivity index (χ4v) is 2.81. The second-order valence-electron chi connectivity index (χ2n) is 5.42. The molecule has 110 valence electrons. The molecule has 20 heavy (non-hydrogen) atoms. The van der Waals surface area contributed by atoms with Crippen molar-refractivity contribution >= 4 is 11.7 Å². The van der Waals surface area contributed by atoms with E-state index < -0.39 is 0 Å². The van der Waals surface area contributed by atoms with Crippen LogP contribution >= 0.6 is 0 Å². The summed E-state index contributed by atoms with van der Waals surface area (Å²) in [6.45, 7) is 6.84. The Hall–Kier alpha value is -1.71. The van der Waals surface area contributed by atoms with Gasteiger partial charge in [-0.15, -0.1) is 0 Å². The Morgan fingerprint density at radius 1 is 1.25 bits per heavy atom. The first-order valence-corrected chi connectivity index (χ1v) is 7.44. The monoisotopic (exact) mass is 276 g/mol. The molecule has 1 heterocycles. The average Bonchev–Trinajstić information content (AvgIpc) is 2.41. The molecule has 0 aliphatic carbocycles. The van der Waals surface area contributed by atoms with Gasteiger partial charge in [-0.3, -0.25) is 0 Å². The number of nitrogens with one attached hydrogen (secondary N) is 1. The van der Waals surface area contributed by atoms with E-state index in [1.165, 1.54) is 6.42 Å². The molecule has 0 spiro atoms. The number of amides is 2. The van der Waals surface area contributed by atoms with Crippen LogP contribution in [0.15, 0.2) is 24.3 Å². The van der Waals surface area contributed by atoms with Crippen molar-refractivity contribution in [3.05, 3.63) is 24.3 Å². The first kappa shape index (κ1) is 14.7. The fraction of sp³-hybridized carbons (Fsp3) is 0.562. The predicted molar refractivity (Wildman–Crippen MR) is 81.2 cm³/mol. The standard InChI is InChI=1S/C16H24N2O2/c1-4-20-15-10-8-14(9-11-15)17-16(19)18-12(2)6-5-7-13(18)3/h8-13H,4-7H2,1-3H3,(H,17,19). The number of ether oxygens (including phenoxy) is 1. The summed E-state index contributed by atoms with van der Waals surface area (Å²) in [4.78, 5) is 14.3. The minimum atomic E-state index is -0.00569. The van der Waals surface area contributed by atoms with E-state index in [2.05, 4.69) is 19.2 Å². The predicted octanol–water partition coefficient (Wildman–Crippen LogP) is 3.88. The molecule has 1 aromatic rings. The molecule has 0 saturated carbocycles. The first-order valence-electron chi connectivity index (χ1n) is 7.44. The van der Waals surface area contributed by atoms with E-state index in [1.54, 1.807) is 0 Å². The second kappa shape index (κ2) is 6.64.